The smallest absolute Gasteiger partial charge is 0.310 e. The lowest BCUT2D eigenvalue weighted by Gasteiger charge is -2.31. The molecule has 1 aromatic heterocycles. The number of para-hydroxylation sites is 2. The van der Waals surface area contributed by atoms with Crippen molar-refractivity contribution >= 4 is 48.3 Å². The first-order valence-electron chi connectivity index (χ1n) is 9.99. The molecule has 2 aromatic carbocycles. The van der Waals surface area contributed by atoms with Crippen LogP contribution in [0.3, 0.4) is 0 Å². The summed E-state index contributed by atoms with van der Waals surface area (Å²) in [5.41, 5.74) is 0.312. The highest BCUT2D eigenvalue weighted by Crippen LogP contribution is 2.30. The van der Waals surface area contributed by atoms with Crippen LogP contribution in [0.2, 0.25) is 0 Å². The Bertz CT molecular complexity index is 1300. The zero-order valence-electron chi connectivity index (χ0n) is 17.6. The predicted octanol–water partition coefficient (Wildman–Crippen LogP) is 2.16. The molecule has 1 saturated heterocycles. The van der Waals surface area contributed by atoms with Crippen LogP contribution in [0.15, 0.2) is 47.4 Å². The van der Waals surface area contributed by atoms with E-state index in [1.165, 1.54) is 28.6 Å². The first-order valence-corrected chi connectivity index (χ1v) is 12.2. The summed E-state index contributed by atoms with van der Waals surface area (Å²) in [4.78, 5) is 29.3. The molecule has 0 aliphatic carbocycles. The summed E-state index contributed by atoms with van der Waals surface area (Å²) in [6.45, 7) is 1.77. The molecule has 33 heavy (non-hydrogen) atoms. The quantitative estimate of drug-likeness (QED) is 0.392. The molecule has 1 aliphatic rings. The molecule has 13 heteroatoms. The van der Waals surface area contributed by atoms with Crippen molar-refractivity contribution in [2.24, 2.45) is 0 Å². The monoisotopic (exact) mass is 491 g/mol. The van der Waals surface area contributed by atoms with Crippen molar-refractivity contribution in [1.82, 2.24) is 14.2 Å². The standard InChI is InChI=1S/C20H21N5O6S2/c1-23-8-10-24(11-9-23)33(29,30)14-6-7-15-18(12-14)32-20(21-15)22-19(26)13-31-17-5-3-2-4-16(17)25(27)28/h2-7,12H,8-11,13H2,1H3,(H,21,22,26). The van der Waals surface area contributed by atoms with Gasteiger partial charge in [-0.1, -0.05) is 23.5 Å². The lowest BCUT2D eigenvalue weighted by atomic mass is 10.3. The van der Waals surface area contributed by atoms with Gasteiger partial charge in [-0.2, -0.15) is 4.31 Å². The highest BCUT2D eigenvalue weighted by molar-refractivity contribution is 7.89. The third-order valence-electron chi connectivity index (χ3n) is 5.13. The van der Waals surface area contributed by atoms with Crippen molar-refractivity contribution in [3.05, 3.63) is 52.6 Å². The number of aromatic nitrogens is 1. The van der Waals surface area contributed by atoms with Gasteiger partial charge in [0.05, 0.1) is 20.0 Å². The van der Waals surface area contributed by atoms with Gasteiger partial charge in [-0.05, 0) is 31.3 Å². The van der Waals surface area contributed by atoms with Crippen molar-refractivity contribution in [3.8, 4) is 5.75 Å². The number of amides is 1. The van der Waals surface area contributed by atoms with E-state index in [1.54, 1.807) is 18.2 Å². The largest absolute Gasteiger partial charge is 0.477 e. The Labute approximate surface area is 193 Å². The molecule has 4 rings (SSSR count). The minimum absolute atomic E-state index is 0.0132. The normalized spacial score (nSPS) is 15.4. The fourth-order valence-corrected chi connectivity index (χ4v) is 5.77. The number of rotatable bonds is 7. The maximum Gasteiger partial charge on any atom is 0.310 e. The minimum Gasteiger partial charge on any atom is -0.477 e. The Morgan fingerprint density at radius 2 is 1.94 bits per heavy atom. The minimum atomic E-state index is -3.62. The second-order valence-corrected chi connectivity index (χ2v) is 10.4. The summed E-state index contributed by atoms with van der Waals surface area (Å²) < 4.78 is 33.3. The van der Waals surface area contributed by atoms with Crippen molar-refractivity contribution in [2.75, 3.05) is 45.2 Å². The molecule has 2 heterocycles. The number of ether oxygens (including phenoxy) is 1. The highest BCUT2D eigenvalue weighted by Gasteiger charge is 2.28. The number of carbonyl (C=O) groups is 1. The van der Waals surface area contributed by atoms with Crippen LogP contribution < -0.4 is 10.1 Å². The third-order valence-corrected chi connectivity index (χ3v) is 7.96. The Kier molecular flexibility index (Phi) is 6.56. The van der Waals surface area contributed by atoms with E-state index in [0.717, 1.165) is 11.3 Å². The van der Waals surface area contributed by atoms with E-state index in [9.17, 15) is 23.3 Å². The summed E-state index contributed by atoms with van der Waals surface area (Å²) in [6, 6.07) is 10.4. The lowest BCUT2D eigenvalue weighted by Crippen LogP contribution is -2.46. The molecule has 0 atom stereocenters. The summed E-state index contributed by atoms with van der Waals surface area (Å²) in [7, 11) is -1.66. The number of thiazole rings is 1. The van der Waals surface area contributed by atoms with Crippen LogP contribution in [0.1, 0.15) is 0 Å². The van der Waals surface area contributed by atoms with Crippen LogP contribution in [-0.2, 0) is 14.8 Å². The molecule has 174 valence electrons. The molecule has 1 aliphatic heterocycles. The Morgan fingerprint density at radius 1 is 1.21 bits per heavy atom. The number of carbonyl (C=O) groups excluding carboxylic acids is 1. The van der Waals surface area contributed by atoms with Crippen LogP contribution in [-0.4, -0.2) is 73.3 Å². The predicted molar refractivity (Wildman–Crippen MR) is 123 cm³/mol. The Balaban J connectivity index is 1.44. The van der Waals surface area contributed by atoms with E-state index < -0.39 is 27.5 Å². The molecule has 3 aromatic rings. The van der Waals surface area contributed by atoms with E-state index in [0.29, 0.717) is 36.4 Å². The van der Waals surface area contributed by atoms with Crippen molar-refractivity contribution in [2.45, 2.75) is 4.90 Å². The third kappa shape index (κ3) is 5.11. The number of sulfonamides is 1. The zero-order chi connectivity index (χ0) is 23.6. The van der Waals surface area contributed by atoms with Crippen LogP contribution in [0.25, 0.3) is 10.2 Å². The van der Waals surface area contributed by atoms with E-state index in [-0.39, 0.29) is 21.5 Å². The van der Waals surface area contributed by atoms with Gasteiger partial charge in [0.15, 0.2) is 17.5 Å². The molecule has 0 saturated carbocycles. The van der Waals surface area contributed by atoms with Crippen molar-refractivity contribution in [1.29, 1.82) is 0 Å². The number of anilines is 1. The van der Waals surface area contributed by atoms with E-state index >= 15 is 0 Å². The average molecular weight is 492 g/mol. The fraction of sp³-hybridized carbons (Fsp3) is 0.300. The Hall–Kier alpha value is -3.13. The van der Waals surface area contributed by atoms with Gasteiger partial charge in [-0.15, -0.1) is 0 Å². The molecule has 1 amide bonds. The van der Waals surface area contributed by atoms with Gasteiger partial charge in [0.2, 0.25) is 10.0 Å². The number of nitrogens with zero attached hydrogens (tertiary/aromatic N) is 4. The van der Waals surface area contributed by atoms with Gasteiger partial charge in [0, 0.05) is 32.2 Å². The maximum absolute atomic E-state index is 13.0. The zero-order valence-corrected chi connectivity index (χ0v) is 19.3. The van der Waals surface area contributed by atoms with Gasteiger partial charge in [-0.3, -0.25) is 20.2 Å². The number of benzene rings is 2. The molecular formula is C20H21N5O6S2. The number of hydrogen-bond donors (Lipinski definition) is 1. The van der Waals surface area contributed by atoms with Gasteiger partial charge >= 0.3 is 5.69 Å². The highest BCUT2D eigenvalue weighted by atomic mass is 32.2. The van der Waals surface area contributed by atoms with Gasteiger partial charge < -0.3 is 9.64 Å². The number of nitro groups is 1. The average Bonchev–Trinajstić information content (AvgIpc) is 3.19. The number of hydrogen-bond acceptors (Lipinski definition) is 9. The molecule has 1 N–H and O–H groups in total. The number of piperazine rings is 1. The molecule has 0 unspecified atom stereocenters. The van der Waals surface area contributed by atoms with Crippen LogP contribution in [0.5, 0.6) is 5.75 Å². The Morgan fingerprint density at radius 3 is 2.67 bits per heavy atom. The number of fused-ring (bicyclic) bond motifs is 1. The van der Waals surface area contributed by atoms with Crippen molar-refractivity contribution in [3.63, 3.8) is 0 Å². The molecule has 0 radical (unpaired) electrons. The summed E-state index contributed by atoms with van der Waals surface area (Å²) in [5, 5.41) is 13.9. The maximum atomic E-state index is 13.0. The second-order valence-electron chi connectivity index (χ2n) is 7.42. The van der Waals surface area contributed by atoms with Gasteiger partial charge in [-0.25, -0.2) is 13.4 Å². The first-order chi connectivity index (χ1) is 15.7. The summed E-state index contributed by atoms with van der Waals surface area (Å²) in [6.07, 6.45) is 0. The number of nitro benzene ring substituents is 1. The second kappa shape index (κ2) is 9.39. The molecular weight excluding hydrogens is 470 g/mol. The molecule has 0 bridgehead atoms. The SMILES string of the molecule is CN1CCN(S(=O)(=O)c2ccc3nc(NC(=O)COc4ccccc4[N+](=O)[O-])sc3c2)CC1. The van der Waals surface area contributed by atoms with Crippen LogP contribution in [0, 0.1) is 10.1 Å². The van der Waals surface area contributed by atoms with Crippen LogP contribution >= 0.6 is 11.3 Å². The molecule has 1 fully saturated rings. The van der Waals surface area contributed by atoms with Gasteiger partial charge in [0.25, 0.3) is 5.91 Å². The van der Waals surface area contributed by atoms with E-state index in [2.05, 4.69) is 15.2 Å². The van der Waals surface area contributed by atoms with Crippen molar-refractivity contribution < 1.29 is 22.9 Å². The lowest BCUT2D eigenvalue weighted by molar-refractivity contribution is -0.385. The summed E-state index contributed by atoms with van der Waals surface area (Å²) in [5.74, 6) is -0.557. The topological polar surface area (TPSA) is 135 Å². The van der Waals surface area contributed by atoms with E-state index in [4.69, 9.17) is 4.74 Å². The van der Waals surface area contributed by atoms with E-state index in [1.807, 2.05) is 7.05 Å². The van der Waals surface area contributed by atoms with Crippen LogP contribution in [0.4, 0.5) is 10.8 Å². The number of likely N-dealkylation sites (N-methyl/N-ethyl adjacent to an activating group) is 1. The first kappa shape index (κ1) is 23.0. The van der Waals surface area contributed by atoms with Gasteiger partial charge in [0.1, 0.15) is 0 Å². The summed E-state index contributed by atoms with van der Waals surface area (Å²) >= 11 is 1.13. The molecule has 11 nitrogen and oxygen atoms in total. The molecule has 0 spiro atoms. The number of nitrogens with one attached hydrogen (secondary N) is 1. The fourth-order valence-electron chi connectivity index (χ4n) is 3.33.